The predicted molar refractivity (Wildman–Crippen MR) is 111 cm³/mol. The summed E-state index contributed by atoms with van der Waals surface area (Å²) in [5.41, 5.74) is 0.654. The lowest BCUT2D eigenvalue weighted by Gasteiger charge is -2.12. The van der Waals surface area contributed by atoms with E-state index in [1.54, 1.807) is 18.3 Å². The van der Waals surface area contributed by atoms with E-state index in [-0.39, 0.29) is 42.0 Å². The van der Waals surface area contributed by atoms with Crippen molar-refractivity contribution >= 4 is 35.8 Å². The molecule has 9 heteroatoms. The van der Waals surface area contributed by atoms with Crippen molar-refractivity contribution in [1.29, 1.82) is 0 Å². The average Bonchev–Trinajstić information content (AvgIpc) is 2.66. The van der Waals surface area contributed by atoms with E-state index in [4.69, 9.17) is 0 Å². The minimum absolute atomic E-state index is 0. The molecular weight excluding hydrogens is 467 g/mol. The van der Waals surface area contributed by atoms with Gasteiger partial charge in [0.25, 0.3) is 5.91 Å². The highest BCUT2D eigenvalue weighted by Crippen LogP contribution is 2.10. The maximum Gasteiger partial charge on any atom is 0.252 e. The number of halogens is 3. The molecule has 0 aliphatic rings. The number of carbonyl (C=O) groups is 1. The van der Waals surface area contributed by atoms with Gasteiger partial charge in [-0.05, 0) is 37.3 Å². The number of hydrogen-bond acceptors (Lipinski definition) is 3. The summed E-state index contributed by atoms with van der Waals surface area (Å²) in [6.45, 7) is 3.29. The Hall–Kier alpha value is -2.30. The summed E-state index contributed by atoms with van der Waals surface area (Å²) in [6.07, 6.45) is 3.08. The molecule has 0 radical (unpaired) electrons. The molecule has 6 nitrogen and oxygen atoms in total. The smallest absolute Gasteiger partial charge is 0.252 e. The first-order valence-corrected chi connectivity index (χ1v) is 8.24. The Morgan fingerprint density at radius 2 is 1.93 bits per heavy atom. The molecule has 1 aromatic heterocycles. The van der Waals surface area contributed by atoms with E-state index >= 15 is 0 Å². The standard InChI is InChI=1S/C18H21F2N5O.HI/c1-2-22-18(25-12-14-10-15(19)5-6-16(14)20)24-9-8-23-17(26)13-4-3-7-21-11-13;/h3-7,10-11H,2,8-9,12H2,1H3,(H,23,26)(H2,22,24,25);1H. The monoisotopic (exact) mass is 489 g/mol. The molecule has 146 valence electrons. The van der Waals surface area contributed by atoms with E-state index in [1.807, 2.05) is 6.92 Å². The van der Waals surface area contributed by atoms with Gasteiger partial charge in [0, 0.05) is 37.6 Å². The van der Waals surface area contributed by atoms with Crippen molar-refractivity contribution in [2.75, 3.05) is 19.6 Å². The molecule has 0 atom stereocenters. The van der Waals surface area contributed by atoms with Crippen LogP contribution in [0, 0.1) is 11.6 Å². The van der Waals surface area contributed by atoms with Gasteiger partial charge >= 0.3 is 0 Å². The van der Waals surface area contributed by atoms with E-state index in [0.29, 0.717) is 31.2 Å². The molecule has 0 aliphatic heterocycles. The van der Waals surface area contributed by atoms with Gasteiger partial charge in [-0.25, -0.2) is 13.8 Å². The summed E-state index contributed by atoms with van der Waals surface area (Å²) in [4.78, 5) is 20.0. The summed E-state index contributed by atoms with van der Waals surface area (Å²) in [5, 5.41) is 8.78. The van der Waals surface area contributed by atoms with Crippen molar-refractivity contribution < 1.29 is 13.6 Å². The van der Waals surface area contributed by atoms with Crippen LogP contribution < -0.4 is 16.0 Å². The van der Waals surface area contributed by atoms with E-state index < -0.39 is 11.6 Å². The maximum atomic E-state index is 13.6. The Morgan fingerprint density at radius 1 is 1.15 bits per heavy atom. The summed E-state index contributed by atoms with van der Waals surface area (Å²) < 4.78 is 26.8. The highest BCUT2D eigenvalue weighted by Gasteiger charge is 2.06. The van der Waals surface area contributed by atoms with Gasteiger partial charge in [-0.3, -0.25) is 9.78 Å². The average molecular weight is 489 g/mol. The zero-order chi connectivity index (χ0) is 18.8. The second kappa shape index (κ2) is 12.2. The Bertz CT molecular complexity index is 759. The van der Waals surface area contributed by atoms with Crippen LogP contribution in [-0.2, 0) is 6.54 Å². The number of benzene rings is 1. The third kappa shape index (κ3) is 7.85. The fourth-order valence-corrected chi connectivity index (χ4v) is 2.13. The van der Waals surface area contributed by atoms with Crippen LogP contribution in [0.1, 0.15) is 22.8 Å². The number of amides is 1. The molecule has 2 rings (SSSR count). The zero-order valence-electron chi connectivity index (χ0n) is 14.8. The van der Waals surface area contributed by atoms with Crippen molar-refractivity contribution in [3.05, 3.63) is 65.5 Å². The first kappa shape index (κ1) is 22.7. The number of carbonyl (C=O) groups excluding carboxylic acids is 1. The van der Waals surface area contributed by atoms with Crippen LogP contribution in [0.4, 0.5) is 8.78 Å². The molecule has 1 aromatic carbocycles. The molecule has 0 unspecified atom stereocenters. The normalized spacial score (nSPS) is 10.7. The van der Waals surface area contributed by atoms with E-state index in [9.17, 15) is 13.6 Å². The van der Waals surface area contributed by atoms with Crippen molar-refractivity contribution in [2.24, 2.45) is 4.99 Å². The fourth-order valence-electron chi connectivity index (χ4n) is 2.13. The first-order valence-electron chi connectivity index (χ1n) is 8.24. The largest absolute Gasteiger partial charge is 0.357 e. The SMILES string of the molecule is CCNC(=NCc1cc(F)ccc1F)NCCNC(=O)c1cccnc1.I. The first-order chi connectivity index (χ1) is 12.6. The lowest BCUT2D eigenvalue weighted by atomic mass is 10.2. The Kier molecular flexibility index (Phi) is 10.2. The number of aromatic nitrogens is 1. The van der Waals surface area contributed by atoms with Gasteiger partial charge < -0.3 is 16.0 Å². The summed E-state index contributed by atoms with van der Waals surface area (Å²) in [7, 11) is 0. The summed E-state index contributed by atoms with van der Waals surface area (Å²) in [6, 6.07) is 6.63. The fraction of sp³-hybridized carbons (Fsp3) is 0.278. The Morgan fingerprint density at radius 3 is 2.63 bits per heavy atom. The van der Waals surface area contributed by atoms with Gasteiger partial charge in [0.2, 0.25) is 0 Å². The predicted octanol–water partition coefficient (Wildman–Crippen LogP) is 2.46. The van der Waals surface area contributed by atoms with Crippen molar-refractivity contribution in [3.8, 4) is 0 Å². The van der Waals surface area contributed by atoms with Crippen molar-refractivity contribution in [3.63, 3.8) is 0 Å². The molecule has 0 fully saturated rings. The van der Waals surface area contributed by atoms with Crippen molar-refractivity contribution in [2.45, 2.75) is 13.5 Å². The van der Waals surface area contributed by atoms with Gasteiger partial charge in [0.15, 0.2) is 5.96 Å². The number of aliphatic imine (C=N–C) groups is 1. The number of guanidine groups is 1. The Balaban J connectivity index is 0.00000364. The summed E-state index contributed by atoms with van der Waals surface area (Å²) in [5.74, 6) is -0.780. The van der Waals surface area contributed by atoms with Crippen LogP contribution in [0.5, 0.6) is 0 Å². The van der Waals surface area contributed by atoms with Gasteiger partial charge in [-0.2, -0.15) is 0 Å². The second-order valence-electron chi connectivity index (χ2n) is 5.36. The second-order valence-corrected chi connectivity index (χ2v) is 5.36. The third-order valence-corrected chi connectivity index (χ3v) is 3.39. The molecule has 0 bridgehead atoms. The minimum atomic E-state index is -0.507. The van der Waals surface area contributed by atoms with Crippen LogP contribution in [-0.4, -0.2) is 36.5 Å². The lowest BCUT2D eigenvalue weighted by molar-refractivity contribution is 0.0954. The molecular formula is C18H22F2IN5O. The van der Waals surface area contributed by atoms with Crippen LogP contribution in [0.3, 0.4) is 0 Å². The van der Waals surface area contributed by atoms with Crippen LogP contribution in [0.2, 0.25) is 0 Å². The van der Waals surface area contributed by atoms with E-state index in [1.165, 1.54) is 6.20 Å². The van der Waals surface area contributed by atoms with Gasteiger partial charge in [0.05, 0.1) is 12.1 Å². The molecule has 0 saturated heterocycles. The number of pyridine rings is 1. The van der Waals surface area contributed by atoms with Crippen molar-refractivity contribution in [1.82, 2.24) is 20.9 Å². The maximum absolute atomic E-state index is 13.6. The third-order valence-electron chi connectivity index (χ3n) is 3.39. The Labute approximate surface area is 173 Å². The molecule has 3 N–H and O–H groups in total. The number of nitrogens with zero attached hydrogens (tertiary/aromatic N) is 2. The highest BCUT2D eigenvalue weighted by atomic mass is 127. The molecule has 0 spiro atoms. The van der Waals surface area contributed by atoms with Crippen LogP contribution in [0.15, 0.2) is 47.7 Å². The van der Waals surface area contributed by atoms with Crippen LogP contribution >= 0.6 is 24.0 Å². The minimum Gasteiger partial charge on any atom is -0.357 e. The lowest BCUT2D eigenvalue weighted by Crippen LogP contribution is -2.41. The molecule has 2 aromatic rings. The highest BCUT2D eigenvalue weighted by molar-refractivity contribution is 14.0. The summed E-state index contributed by atoms with van der Waals surface area (Å²) >= 11 is 0. The quantitative estimate of drug-likeness (QED) is 0.242. The molecule has 27 heavy (non-hydrogen) atoms. The molecule has 1 heterocycles. The van der Waals surface area contributed by atoms with Gasteiger partial charge in [-0.1, -0.05) is 0 Å². The topological polar surface area (TPSA) is 78.4 Å². The number of nitrogens with one attached hydrogen (secondary N) is 3. The van der Waals surface area contributed by atoms with Gasteiger partial charge in [0.1, 0.15) is 11.6 Å². The molecule has 0 saturated carbocycles. The number of rotatable bonds is 7. The van der Waals surface area contributed by atoms with Gasteiger partial charge in [-0.15, -0.1) is 24.0 Å². The zero-order valence-corrected chi connectivity index (χ0v) is 17.2. The molecule has 0 aliphatic carbocycles. The van der Waals surface area contributed by atoms with E-state index in [0.717, 1.165) is 18.2 Å². The van der Waals surface area contributed by atoms with E-state index in [2.05, 4.69) is 25.9 Å². The molecule has 1 amide bonds. The number of hydrogen-bond donors (Lipinski definition) is 3. The van der Waals surface area contributed by atoms with Crippen LogP contribution in [0.25, 0.3) is 0 Å².